The molecule has 0 radical (unpaired) electrons. The second-order valence-corrected chi connectivity index (χ2v) is 6.42. The molecule has 4 heteroatoms. The van der Waals surface area contributed by atoms with Crippen LogP contribution in [0.15, 0.2) is 60.7 Å². The maximum absolute atomic E-state index is 12.2. The van der Waals surface area contributed by atoms with Crippen molar-refractivity contribution in [1.29, 1.82) is 0 Å². The average Bonchev–Trinajstić information content (AvgIpc) is 2.65. The number of ether oxygens (including phenoxy) is 2. The molecule has 0 amide bonds. The minimum atomic E-state index is -1.48. The van der Waals surface area contributed by atoms with Crippen LogP contribution in [0.1, 0.15) is 31.4 Å². The Kier molecular flexibility index (Phi) is 6.73. The third kappa shape index (κ3) is 4.27. The molecule has 2 aromatic rings. The van der Waals surface area contributed by atoms with Crippen molar-refractivity contribution in [2.24, 2.45) is 5.92 Å². The number of aliphatic hydroxyl groups excluding tert-OH is 1. The van der Waals surface area contributed by atoms with Crippen LogP contribution in [-0.4, -0.2) is 30.9 Å². The number of carbonyl (C=O) groups excluding carboxylic acids is 1. The second-order valence-electron chi connectivity index (χ2n) is 6.42. The number of hydrogen-bond acceptors (Lipinski definition) is 4. The van der Waals surface area contributed by atoms with E-state index >= 15 is 0 Å². The van der Waals surface area contributed by atoms with Crippen LogP contribution >= 0.6 is 0 Å². The summed E-state index contributed by atoms with van der Waals surface area (Å²) in [6, 6.07) is 18.7. The number of methoxy groups -OCH3 is 1. The van der Waals surface area contributed by atoms with E-state index in [1.54, 1.807) is 0 Å². The highest BCUT2D eigenvalue weighted by molar-refractivity contribution is 5.77. The zero-order valence-electron chi connectivity index (χ0n) is 15.0. The van der Waals surface area contributed by atoms with E-state index in [2.05, 4.69) is 13.8 Å². The first-order valence-electron chi connectivity index (χ1n) is 8.53. The normalized spacial score (nSPS) is 12.8. The minimum Gasteiger partial charge on any atom is -0.467 e. The number of rotatable bonds is 8. The van der Waals surface area contributed by atoms with E-state index in [-0.39, 0.29) is 0 Å². The summed E-state index contributed by atoms with van der Waals surface area (Å²) in [4.78, 5) is 12.2. The largest absolute Gasteiger partial charge is 0.467 e. The number of carbonyl (C=O) groups is 1. The maximum Gasteiger partial charge on any atom is 0.338 e. The number of benzene rings is 2. The monoisotopic (exact) mass is 342 g/mol. The first-order valence-corrected chi connectivity index (χ1v) is 8.53. The lowest BCUT2D eigenvalue weighted by molar-refractivity contribution is -0.171. The zero-order chi connectivity index (χ0) is 18.3. The predicted octanol–water partition coefficient (Wildman–Crippen LogP) is 3.53. The average molecular weight is 342 g/mol. The summed E-state index contributed by atoms with van der Waals surface area (Å²) in [6.07, 6.45) is -0.663. The molecule has 1 N–H and O–H groups in total. The van der Waals surface area contributed by atoms with Gasteiger partial charge >= 0.3 is 5.97 Å². The van der Waals surface area contributed by atoms with Crippen molar-refractivity contribution >= 4 is 5.97 Å². The van der Waals surface area contributed by atoms with Gasteiger partial charge in [0, 0.05) is 6.61 Å². The van der Waals surface area contributed by atoms with E-state index in [1.165, 1.54) is 7.11 Å². The quantitative estimate of drug-likeness (QED) is 0.746. The van der Waals surface area contributed by atoms with Gasteiger partial charge in [-0.15, -0.1) is 0 Å². The fraction of sp³-hybridized carbons (Fsp3) is 0.381. The molecule has 2 rings (SSSR count). The zero-order valence-corrected chi connectivity index (χ0v) is 15.0. The van der Waals surface area contributed by atoms with Gasteiger partial charge in [-0.2, -0.15) is 0 Å². The SMILES string of the molecule is COC(=O)[C@@H](O)C(OCCC(C)C)(c1ccccc1)c1ccccc1. The van der Waals surface area contributed by atoms with E-state index in [1.807, 2.05) is 60.7 Å². The Morgan fingerprint density at radius 3 is 1.88 bits per heavy atom. The van der Waals surface area contributed by atoms with Crippen LogP contribution in [0.25, 0.3) is 0 Å². The van der Waals surface area contributed by atoms with Crippen LogP contribution in [0.2, 0.25) is 0 Å². The van der Waals surface area contributed by atoms with Crippen molar-refractivity contribution in [2.75, 3.05) is 13.7 Å². The van der Waals surface area contributed by atoms with Gasteiger partial charge in [0.25, 0.3) is 0 Å². The van der Waals surface area contributed by atoms with Crippen LogP contribution < -0.4 is 0 Å². The molecule has 2 aromatic carbocycles. The Labute approximate surface area is 149 Å². The van der Waals surface area contributed by atoms with Gasteiger partial charge < -0.3 is 14.6 Å². The van der Waals surface area contributed by atoms with Crippen LogP contribution in [0, 0.1) is 5.92 Å². The molecule has 0 spiro atoms. The lowest BCUT2D eigenvalue weighted by Crippen LogP contribution is -2.48. The fourth-order valence-corrected chi connectivity index (χ4v) is 2.83. The third-order valence-corrected chi connectivity index (χ3v) is 4.24. The maximum atomic E-state index is 12.2. The van der Waals surface area contributed by atoms with Gasteiger partial charge in [0.15, 0.2) is 11.7 Å². The lowest BCUT2D eigenvalue weighted by Gasteiger charge is -2.38. The standard InChI is InChI=1S/C21H26O4/c1-16(2)14-15-25-21(19(22)20(23)24-3,17-10-6-4-7-11-17)18-12-8-5-9-13-18/h4-13,16,19,22H,14-15H2,1-3H3/t19-/m1/s1. The highest BCUT2D eigenvalue weighted by atomic mass is 16.6. The molecule has 0 saturated heterocycles. The summed E-state index contributed by atoms with van der Waals surface area (Å²) in [6.45, 7) is 4.62. The number of aliphatic hydroxyl groups is 1. The summed E-state index contributed by atoms with van der Waals surface area (Å²) in [5.41, 5.74) is 0.107. The van der Waals surface area contributed by atoms with Crippen molar-refractivity contribution in [2.45, 2.75) is 32.0 Å². The van der Waals surface area contributed by atoms with Crippen LogP contribution in [0.3, 0.4) is 0 Å². The van der Waals surface area contributed by atoms with Gasteiger partial charge in [0.05, 0.1) is 7.11 Å². The van der Waals surface area contributed by atoms with E-state index in [0.29, 0.717) is 23.7 Å². The molecule has 0 heterocycles. The molecule has 4 nitrogen and oxygen atoms in total. The summed E-state index contributed by atoms with van der Waals surface area (Å²) < 4.78 is 11.1. The van der Waals surface area contributed by atoms with E-state index in [0.717, 1.165) is 6.42 Å². The molecule has 0 unspecified atom stereocenters. The Morgan fingerprint density at radius 2 is 1.48 bits per heavy atom. The van der Waals surface area contributed by atoms with Crippen molar-refractivity contribution < 1.29 is 19.4 Å². The van der Waals surface area contributed by atoms with Crippen LogP contribution in [-0.2, 0) is 19.9 Å². The molecule has 0 aliphatic carbocycles. The second kappa shape index (κ2) is 8.79. The van der Waals surface area contributed by atoms with Crippen LogP contribution in [0.4, 0.5) is 0 Å². The van der Waals surface area contributed by atoms with E-state index in [9.17, 15) is 9.90 Å². The Balaban J connectivity index is 2.58. The highest BCUT2D eigenvalue weighted by Crippen LogP contribution is 2.38. The van der Waals surface area contributed by atoms with E-state index in [4.69, 9.17) is 9.47 Å². The van der Waals surface area contributed by atoms with Crippen molar-refractivity contribution in [1.82, 2.24) is 0 Å². The molecule has 134 valence electrons. The minimum absolute atomic E-state index is 0.412. The fourth-order valence-electron chi connectivity index (χ4n) is 2.83. The van der Waals surface area contributed by atoms with Gasteiger partial charge in [-0.05, 0) is 23.5 Å². The molecule has 0 aromatic heterocycles. The predicted molar refractivity (Wildman–Crippen MR) is 97.1 cm³/mol. The number of esters is 1. The van der Waals surface area contributed by atoms with Gasteiger partial charge in [-0.3, -0.25) is 0 Å². The molecular formula is C21H26O4. The van der Waals surface area contributed by atoms with Crippen molar-refractivity contribution in [3.63, 3.8) is 0 Å². The smallest absolute Gasteiger partial charge is 0.338 e. The Hall–Kier alpha value is -2.17. The molecule has 0 bridgehead atoms. The first kappa shape index (κ1) is 19.2. The summed E-state index contributed by atoms with van der Waals surface area (Å²) in [7, 11) is 1.26. The topological polar surface area (TPSA) is 55.8 Å². The summed E-state index contributed by atoms with van der Waals surface area (Å²) in [5.74, 6) is -0.281. The molecule has 0 fully saturated rings. The lowest BCUT2D eigenvalue weighted by atomic mass is 9.81. The highest BCUT2D eigenvalue weighted by Gasteiger charge is 2.47. The molecule has 0 aliphatic rings. The number of hydrogen-bond donors (Lipinski definition) is 1. The van der Waals surface area contributed by atoms with Gasteiger partial charge in [0.1, 0.15) is 0 Å². The molecule has 0 aliphatic heterocycles. The third-order valence-electron chi connectivity index (χ3n) is 4.24. The molecule has 1 atom stereocenters. The molecular weight excluding hydrogens is 316 g/mol. The Bertz CT molecular complexity index is 613. The molecule has 25 heavy (non-hydrogen) atoms. The van der Waals surface area contributed by atoms with Crippen LogP contribution in [0.5, 0.6) is 0 Å². The van der Waals surface area contributed by atoms with Crippen molar-refractivity contribution in [3.05, 3.63) is 71.8 Å². The van der Waals surface area contributed by atoms with Gasteiger partial charge in [0.2, 0.25) is 0 Å². The first-order chi connectivity index (χ1) is 12.0. The van der Waals surface area contributed by atoms with Crippen molar-refractivity contribution in [3.8, 4) is 0 Å². The van der Waals surface area contributed by atoms with Gasteiger partial charge in [-0.25, -0.2) is 4.79 Å². The molecule has 0 saturated carbocycles. The van der Waals surface area contributed by atoms with Gasteiger partial charge in [-0.1, -0.05) is 74.5 Å². The van der Waals surface area contributed by atoms with E-state index < -0.39 is 17.7 Å². The summed E-state index contributed by atoms with van der Waals surface area (Å²) in [5, 5.41) is 10.9. The summed E-state index contributed by atoms with van der Waals surface area (Å²) >= 11 is 0. The Morgan fingerprint density at radius 1 is 1.00 bits per heavy atom.